The van der Waals surface area contributed by atoms with Crippen LogP contribution in [0.15, 0.2) is 105 Å². The van der Waals surface area contributed by atoms with Crippen molar-refractivity contribution < 1.29 is 66.9 Å². The smallest absolute Gasteiger partial charge is 0.323 e. The Morgan fingerprint density at radius 1 is 0.467 bits per heavy atom. The van der Waals surface area contributed by atoms with Gasteiger partial charge in [0.1, 0.15) is 42.0 Å². The van der Waals surface area contributed by atoms with Gasteiger partial charge in [-0.1, -0.05) is 48.5 Å². The predicted octanol–water partition coefficient (Wildman–Crippen LogP) is 3.50. The number of urea groups is 1. The van der Waals surface area contributed by atoms with Crippen LogP contribution in [0.1, 0.15) is 0 Å². The van der Waals surface area contributed by atoms with Crippen LogP contribution in [0.4, 0.5) is 16.2 Å². The van der Waals surface area contributed by atoms with E-state index in [0.29, 0.717) is 9.59 Å². The van der Waals surface area contributed by atoms with Gasteiger partial charge >= 0.3 is 6.03 Å². The second kappa shape index (κ2) is 13.6. The molecule has 60 heavy (non-hydrogen) atoms. The Kier molecular flexibility index (Phi) is 9.06. The second-order valence-corrected chi connectivity index (χ2v) is 18.2. The molecular weight excluding hydrogens is 877 g/mol. The molecular formula is C33H22N8O15S4. The molecule has 0 aliphatic rings. The maximum atomic E-state index is 13.1. The lowest BCUT2D eigenvalue weighted by Crippen LogP contribution is -2.20. The van der Waals surface area contributed by atoms with Gasteiger partial charge in [-0.25, -0.2) is 4.79 Å². The third-order valence-corrected chi connectivity index (χ3v) is 12.5. The zero-order chi connectivity index (χ0) is 43.3. The fraction of sp³-hybridized carbons (Fsp3) is 0. The first-order valence-electron chi connectivity index (χ1n) is 16.3. The SMILES string of the molecule is O=C(Nc1ccc(-n2nc3c(O)c(S(=O)(=O)O)c4ccccc4c3n2)c(S(=O)(=O)O)c1)Nc1ccc(-n2nc3c(O)c(S(=O)(=O)O)c4ccccc4c3n2)c(S(=O)(=O)O)c1. The number of hydrogen-bond acceptors (Lipinski definition) is 15. The number of fused-ring (bicyclic) bond motifs is 6. The van der Waals surface area contributed by atoms with Crippen molar-refractivity contribution in [1.82, 2.24) is 30.0 Å². The Labute approximate surface area is 335 Å². The molecule has 2 heterocycles. The number of aromatic nitrogens is 6. The Bertz CT molecular complexity index is 3430. The van der Waals surface area contributed by atoms with Gasteiger partial charge in [-0.3, -0.25) is 18.2 Å². The number of nitrogens with zero attached hydrogens (tertiary/aromatic N) is 6. The summed E-state index contributed by atoms with van der Waals surface area (Å²) in [5.74, 6) is -2.00. The lowest BCUT2D eigenvalue weighted by atomic mass is 10.1. The Balaban J connectivity index is 1.13. The highest BCUT2D eigenvalue weighted by atomic mass is 32.2. The second-order valence-electron chi connectivity index (χ2n) is 12.7. The lowest BCUT2D eigenvalue weighted by Gasteiger charge is -2.12. The van der Waals surface area contributed by atoms with Gasteiger partial charge in [0.05, 0.1) is 0 Å². The molecule has 0 saturated carbocycles. The highest BCUT2D eigenvalue weighted by Gasteiger charge is 2.29. The van der Waals surface area contributed by atoms with E-state index in [1.165, 1.54) is 48.5 Å². The van der Waals surface area contributed by atoms with E-state index in [-0.39, 0.29) is 44.0 Å². The van der Waals surface area contributed by atoms with Crippen molar-refractivity contribution >= 4 is 101 Å². The molecule has 0 saturated heterocycles. The van der Waals surface area contributed by atoms with Crippen molar-refractivity contribution in [2.45, 2.75) is 19.6 Å². The minimum atomic E-state index is -5.15. The zero-order valence-electron chi connectivity index (χ0n) is 29.3. The monoisotopic (exact) mass is 898 g/mol. The van der Waals surface area contributed by atoms with E-state index in [2.05, 4.69) is 31.0 Å². The minimum absolute atomic E-state index is 0.0919. The standard InChI is InChI=1S/C33H22N8O15S4/c42-29-27-25(17-5-1-3-7-19(17)31(29)59(51,52)53)36-40(38-27)21-11-9-15(13-23(21)57(45,46)47)34-33(44)35-16-10-12-22(24(14-16)58(48,49)50)41-37-26-18-6-2-4-8-20(18)32(60(54,55)56)30(43)28(26)39-41/h1-14,42-43H,(H2,34,35,44)(H,45,46,47)(H,48,49,50)(H,51,52,53)(H,54,55,56). The molecule has 0 aliphatic heterocycles. The van der Waals surface area contributed by atoms with E-state index >= 15 is 0 Å². The first-order valence-corrected chi connectivity index (χ1v) is 22.1. The van der Waals surface area contributed by atoms with Crippen molar-refractivity contribution in [2.24, 2.45) is 0 Å². The summed E-state index contributed by atoms with van der Waals surface area (Å²) in [6.07, 6.45) is 0. The largest absolute Gasteiger partial charge is 0.504 e. The summed E-state index contributed by atoms with van der Waals surface area (Å²) in [7, 11) is -20.3. The van der Waals surface area contributed by atoms with Gasteiger partial charge in [-0.05, 0) is 36.4 Å². The number of phenols is 2. The summed E-state index contributed by atoms with van der Waals surface area (Å²) in [6.45, 7) is 0. The maximum Gasteiger partial charge on any atom is 0.323 e. The molecule has 2 amide bonds. The first-order chi connectivity index (χ1) is 28.0. The van der Waals surface area contributed by atoms with Gasteiger partial charge in [-0.2, -0.15) is 33.7 Å². The van der Waals surface area contributed by atoms with Gasteiger partial charge in [0.25, 0.3) is 40.5 Å². The molecule has 6 aromatic carbocycles. The van der Waals surface area contributed by atoms with Crippen LogP contribution < -0.4 is 10.6 Å². The fourth-order valence-electron chi connectivity index (χ4n) is 6.50. The van der Waals surface area contributed by atoms with Crippen molar-refractivity contribution in [3.8, 4) is 22.9 Å². The van der Waals surface area contributed by atoms with Gasteiger partial charge in [0, 0.05) is 32.9 Å². The highest BCUT2D eigenvalue weighted by Crippen LogP contribution is 2.40. The fourth-order valence-corrected chi connectivity index (χ4v) is 9.47. The molecule has 0 unspecified atom stereocenters. The van der Waals surface area contributed by atoms with Gasteiger partial charge in [0.2, 0.25) is 0 Å². The van der Waals surface area contributed by atoms with E-state index in [4.69, 9.17) is 0 Å². The summed E-state index contributed by atoms with van der Waals surface area (Å²) >= 11 is 0. The summed E-state index contributed by atoms with van der Waals surface area (Å²) in [5.41, 5.74) is -2.62. The topological polar surface area (TPSA) is 360 Å². The maximum absolute atomic E-state index is 13.1. The van der Waals surface area contributed by atoms with E-state index in [1.54, 1.807) is 0 Å². The summed E-state index contributed by atoms with van der Waals surface area (Å²) in [4.78, 5) is 10.9. The van der Waals surface area contributed by atoms with Crippen LogP contribution in [0.2, 0.25) is 0 Å². The van der Waals surface area contributed by atoms with E-state index in [9.17, 15) is 66.9 Å². The predicted molar refractivity (Wildman–Crippen MR) is 208 cm³/mol. The molecule has 8 rings (SSSR count). The first kappa shape index (κ1) is 40.0. The summed E-state index contributed by atoms with van der Waals surface area (Å²) < 4.78 is 139. The Morgan fingerprint density at radius 2 is 0.800 bits per heavy atom. The van der Waals surface area contributed by atoms with Crippen molar-refractivity contribution in [2.75, 3.05) is 10.6 Å². The number of rotatable bonds is 8. The molecule has 0 bridgehead atoms. The van der Waals surface area contributed by atoms with Crippen molar-refractivity contribution in [3.05, 3.63) is 84.9 Å². The van der Waals surface area contributed by atoms with Crippen molar-refractivity contribution in [3.63, 3.8) is 0 Å². The van der Waals surface area contributed by atoms with E-state index in [1.807, 2.05) is 0 Å². The molecule has 0 fully saturated rings. The number of benzene rings is 6. The lowest BCUT2D eigenvalue weighted by molar-refractivity contribution is 0.262. The Hall–Kier alpha value is -6.85. The molecule has 27 heteroatoms. The van der Waals surface area contributed by atoms with Gasteiger partial charge in [0.15, 0.2) is 22.5 Å². The molecule has 0 aliphatic carbocycles. The quantitative estimate of drug-likeness (QED) is 0.101. The number of aromatic hydroxyl groups is 2. The number of amides is 2. The van der Waals surface area contributed by atoms with E-state index in [0.717, 1.165) is 36.4 Å². The minimum Gasteiger partial charge on any atom is -0.504 e. The zero-order valence-corrected chi connectivity index (χ0v) is 32.5. The number of nitrogens with one attached hydrogen (secondary N) is 2. The van der Waals surface area contributed by atoms with Crippen LogP contribution in [-0.4, -0.2) is 98.1 Å². The summed E-state index contributed by atoms with van der Waals surface area (Å²) in [5, 5.41) is 42.5. The molecule has 308 valence electrons. The van der Waals surface area contributed by atoms with Gasteiger partial charge in [-0.15, -0.1) is 30.0 Å². The van der Waals surface area contributed by atoms with Gasteiger partial charge < -0.3 is 20.8 Å². The number of carbonyl (C=O) groups excluding carboxylic acids is 1. The summed E-state index contributed by atoms with van der Waals surface area (Å²) in [6, 6.07) is 16.0. The highest BCUT2D eigenvalue weighted by molar-refractivity contribution is 7.86. The molecule has 0 radical (unpaired) electrons. The van der Waals surface area contributed by atoms with Crippen LogP contribution >= 0.6 is 0 Å². The number of carbonyl (C=O) groups is 1. The number of hydrogen-bond donors (Lipinski definition) is 8. The number of anilines is 2. The van der Waals surface area contributed by atoms with Crippen LogP contribution in [0.25, 0.3) is 55.0 Å². The van der Waals surface area contributed by atoms with Crippen LogP contribution in [-0.2, 0) is 40.5 Å². The van der Waals surface area contributed by atoms with E-state index < -0.39 is 100.0 Å². The van der Waals surface area contributed by atoms with Crippen molar-refractivity contribution in [1.29, 1.82) is 0 Å². The molecule has 2 aromatic heterocycles. The normalized spacial score (nSPS) is 12.7. The molecule has 0 atom stereocenters. The van der Waals surface area contributed by atoms with Crippen LogP contribution in [0.3, 0.4) is 0 Å². The average molecular weight is 899 g/mol. The van der Waals surface area contributed by atoms with Crippen LogP contribution in [0.5, 0.6) is 11.5 Å². The average Bonchev–Trinajstić information content (AvgIpc) is 3.80. The Morgan fingerprint density at radius 3 is 1.13 bits per heavy atom. The molecule has 23 nitrogen and oxygen atoms in total. The van der Waals surface area contributed by atoms with Crippen LogP contribution in [0, 0.1) is 0 Å². The number of phenolic OH excluding ortho intramolecular Hbond substituents is 2. The third kappa shape index (κ3) is 6.84. The molecule has 8 aromatic rings. The molecule has 0 spiro atoms. The molecule has 8 N–H and O–H groups in total. The third-order valence-electron chi connectivity index (χ3n) is 8.90.